The Labute approximate surface area is 163 Å². The summed E-state index contributed by atoms with van der Waals surface area (Å²) < 4.78 is 0. The first-order valence-electron chi connectivity index (χ1n) is 9.31. The van der Waals surface area contributed by atoms with Crippen molar-refractivity contribution in [1.82, 2.24) is 10.2 Å². The Morgan fingerprint density at radius 1 is 0.893 bits per heavy atom. The number of benzene rings is 2. The van der Waals surface area contributed by atoms with Crippen LogP contribution in [0.2, 0.25) is 0 Å². The summed E-state index contributed by atoms with van der Waals surface area (Å²) in [5, 5.41) is 3.62. The highest BCUT2D eigenvalue weighted by Crippen LogP contribution is 2.32. The van der Waals surface area contributed by atoms with E-state index in [1.807, 2.05) is 12.1 Å². The van der Waals surface area contributed by atoms with Gasteiger partial charge >= 0.3 is 0 Å². The summed E-state index contributed by atoms with van der Waals surface area (Å²) in [6.45, 7) is 8.75. The molecule has 1 fully saturated rings. The number of nitrogens with one attached hydrogen (secondary N) is 1. The van der Waals surface area contributed by atoms with Gasteiger partial charge in [-0.2, -0.15) is 0 Å². The molecule has 4 amide bonds. The number of hydrogen-bond donors (Lipinski definition) is 1. The maximum atomic E-state index is 12.8. The third-order valence-electron chi connectivity index (χ3n) is 4.32. The molecule has 1 N–H and O–H groups in total. The van der Waals surface area contributed by atoms with E-state index in [4.69, 9.17) is 0 Å². The fraction of sp³-hybridized carbons (Fsp3) is 0.364. The van der Waals surface area contributed by atoms with E-state index < -0.39 is 23.8 Å². The van der Waals surface area contributed by atoms with Gasteiger partial charge in [0.1, 0.15) is 6.04 Å². The van der Waals surface area contributed by atoms with Gasteiger partial charge in [0.2, 0.25) is 11.8 Å². The maximum absolute atomic E-state index is 12.8. The lowest BCUT2D eigenvalue weighted by Gasteiger charge is -2.34. The molecule has 0 bridgehead atoms. The molecule has 0 radical (unpaired) electrons. The van der Waals surface area contributed by atoms with Gasteiger partial charge in [0.15, 0.2) is 0 Å². The molecule has 1 saturated heterocycles. The van der Waals surface area contributed by atoms with E-state index >= 15 is 0 Å². The summed E-state index contributed by atoms with van der Waals surface area (Å²) in [5.41, 5.74) is 1.31. The molecule has 2 aliphatic rings. The maximum Gasteiger partial charge on any atom is 0.262 e. The molecule has 0 saturated carbocycles. The van der Waals surface area contributed by atoms with Crippen molar-refractivity contribution in [3.8, 4) is 0 Å². The molecule has 2 aliphatic heterocycles. The number of piperidine rings is 1. The van der Waals surface area contributed by atoms with Crippen LogP contribution in [0.25, 0.3) is 10.8 Å². The summed E-state index contributed by atoms with van der Waals surface area (Å²) >= 11 is 0. The molecule has 4 rings (SSSR count). The van der Waals surface area contributed by atoms with Crippen molar-refractivity contribution in [1.29, 1.82) is 0 Å². The second-order valence-corrected chi connectivity index (χ2v) is 8.66. The Hall–Kier alpha value is -3.02. The van der Waals surface area contributed by atoms with Gasteiger partial charge in [-0.15, -0.1) is 0 Å². The highest BCUT2D eigenvalue weighted by atomic mass is 16.2. The Morgan fingerprint density at radius 3 is 1.86 bits per heavy atom. The first-order valence-corrected chi connectivity index (χ1v) is 9.31. The van der Waals surface area contributed by atoms with Gasteiger partial charge in [0.25, 0.3) is 11.8 Å². The molecule has 1 atom stereocenters. The van der Waals surface area contributed by atoms with Gasteiger partial charge in [0, 0.05) is 22.9 Å². The van der Waals surface area contributed by atoms with Crippen LogP contribution >= 0.6 is 0 Å². The second-order valence-electron chi connectivity index (χ2n) is 8.66. The van der Waals surface area contributed by atoms with Crippen molar-refractivity contribution in [3.05, 3.63) is 47.5 Å². The average Bonchev–Trinajstić information content (AvgIpc) is 2.60. The van der Waals surface area contributed by atoms with Crippen molar-refractivity contribution in [2.45, 2.75) is 46.6 Å². The minimum absolute atomic E-state index is 0.110. The normalized spacial score (nSPS) is 19.3. The van der Waals surface area contributed by atoms with Crippen LogP contribution in [0, 0.1) is 5.41 Å². The molecule has 1 unspecified atom stereocenters. The lowest BCUT2D eigenvalue weighted by atomic mass is 9.92. The van der Waals surface area contributed by atoms with E-state index in [1.54, 1.807) is 24.3 Å². The smallest absolute Gasteiger partial charge is 0.262 e. The van der Waals surface area contributed by atoms with E-state index in [-0.39, 0.29) is 18.7 Å². The van der Waals surface area contributed by atoms with Crippen molar-refractivity contribution in [3.63, 3.8) is 0 Å². The highest BCUT2D eigenvalue weighted by Gasteiger charge is 2.42. The number of carbonyl (C=O) groups excluding carboxylic acids is 4. The minimum Gasteiger partial charge on any atom is -0.295 e. The van der Waals surface area contributed by atoms with E-state index in [1.165, 1.54) is 0 Å². The first kappa shape index (κ1) is 19.7. The average molecular weight is 380 g/mol. The van der Waals surface area contributed by atoms with Gasteiger partial charge in [-0.05, 0) is 29.4 Å². The number of nitrogens with zero attached hydrogens (tertiary/aromatic N) is 1. The zero-order chi connectivity index (χ0) is 20.6. The minimum atomic E-state index is -0.948. The summed E-state index contributed by atoms with van der Waals surface area (Å²) in [7, 11) is 0. The van der Waals surface area contributed by atoms with Gasteiger partial charge in [-0.1, -0.05) is 52.0 Å². The molecule has 6 heteroatoms. The Bertz CT molecular complexity index is 931. The summed E-state index contributed by atoms with van der Waals surface area (Å²) in [4.78, 5) is 49.9. The van der Waals surface area contributed by atoms with Gasteiger partial charge in [0.05, 0.1) is 0 Å². The molecule has 0 aliphatic carbocycles. The lowest BCUT2D eigenvalue weighted by molar-refractivity contribution is -0.136. The van der Waals surface area contributed by atoms with Crippen LogP contribution < -0.4 is 5.32 Å². The Morgan fingerprint density at radius 2 is 1.39 bits per heavy atom. The van der Waals surface area contributed by atoms with Crippen LogP contribution in [-0.4, -0.2) is 34.6 Å². The lowest BCUT2D eigenvalue weighted by Crippen LogP contribution is -2.57. The third kappa shape index (κ3) is 3.81. The monoisotopic (exact) mass is 380 g/mol. The Balaban J connectivity index is 0.000000403. The van der Waals surface area contributed by atoms with Crippen LogP contribution in [0.5, 0.6) is 0 Å². The van der Waals surface area contributed by atoms with Crippen molar-refractivity contribution in [2.75, 3.05) is 0 Å². The van der Waals surface area contributed by atoms with Crippen LogP contribution in [-0.2, 0) is 9.59 Å². The van der Waals surface area contributed by atoms with E-state index in [9.17, 15) is 19.2 Å². The number of hydrogen-bond acceptors (Lipinski definition) is 4. The molecule has 2 aromatic carbocycles. The number of imide groups is 2. The quantitative estimate of drug-likeness (QED) is 0.770. The number of amides is 4. The topological polar surface area (TPSA) is 83.6 Å². The first-order chi connectivity index (χ1) is 13.1. The van der Waals surface area contributed by atoms with Gasteiger partial charge < -0.3 is 0 Å². The molecule has 6 nitrogen and oxygen atoms in total. The van der Waals surface area contributed by atoms with E-state index in [0.29, 0.717) is 21.9 Å². The van der Waals surface area contributed by atoms with Crippen LogP contribution in [0.3, 0.4) is 0 Å². The van der Waals surface area contributed by atoms with E-state index in [2.05, 4.69) is 33.0 Å². The van der Waals surface area contributed by atoms with Gasteiger partial charge in [-0.3, -0.25) is 29.4 Å². The molecule has 146 valence electrons. The summed E-state index contributed by atoms with van der Waals surface area (Å²) in [6.07, 6.45) is 0.263. The third-order valence-corrected chi connectivity index (χ3v) is 4.32. The predicted octanol–water partition coefficient (Wildman–Crippen LogP) is 3.29. The number of carbonyl (C=O) groups is 4. The van der Waals surface area contributed by atoms with E-state index in [0.717, 1.165) is 10.3 Å². The molecule has 0 aromatic heterocycles. The zero-order valence-corrected chi connectivity index (χ0v) is 16.5. The van der Waals surface area contributed by atoms with Crippen molar-refractivity contribution < 1.29 is 19.2 Å². The van der Waals surface area contributed by atoms with Gasteiger partial charge in [-0.25, -0.2) is 0 Å². The van der Waals surface area contributed by atoms with Crippen LogP contribution in [0.4, 0.5) is 0 Å². The summed E-state index contributed by atoms with van der Waals surface area (Å²) in [5.74, 6) is -1.97. The second kappa shape index (κ2) is 7.19. The molecular formula is C22H24N2O4. The molecular weight excluding hydrogens is 356 g/mol. The van der Waals surface area contributed by atoms with Crippen molar-refractivity contribution in [2.24, 2.45) is 5.41 Å². The SMILES string of the molecule is CC(C)(C)C.O=C1CCC(N2C(=O)c3cccc4cccc(c34)C2=O)C(=O)N1. The largest absolute Gasteiger partial charge is 0.295 e. The van der Waals surface area contributed by atoms with Crippen LogP contribution in [0.15, 0.2) is 36.4 Å². The summed E-state index contributed by atoms with van der Waals surface area (Å²) in [6, 6.07) is 9.53. The standard InChI is InChI=1S/C17H12N2O4.C5H12/c20-13-8-7-12(15(21)18-13)19-16(22)10-5-1-3-9-4-2-6-11(14(9)10)17(19)23;1-5(2,3)4/h1-6,12H,7-8H2,(H,18,20,21);1-4H3. The Kier molecular flexibility index (Phi) is 5.06. The number of rotatable bonds is 1. The van der Waals surface area contributed by atoms with Crippen LogP contribution in [0.1, 0.15) is 61.3 Å². The zero-order valence-electron chi connectivity index (χ0n) is 16.5. The molecule has 2 heterocycles. The molecule has 0 spiro atoms. The molecule has 28 heavy (non-hydrogen) atoms. The fourth-order valence-corrected chi connectivity index (χ4v) is 3.26. The molecule has 2 aromatic rings. The fourth-order valence-electron chi connectivity index (χ4n) is 3.26. The predicted molar refractivity (Wildman–Crippen MR) is 106 cm³/mol. The highest BCUT2D eigenvalue weighted by molar-refractivity contribution is 6.26. The van der Waals surface area contributed by atoms with Crippen molar-refractivity contribution >= 4 is 34.4 Å².